The van der Waals surface area contributed by atoms with E-state index < -0.39 is 0 Å². The Labute approximate surface area is 75.2 Å². The average Bonchev–Trinajstić information content (AvgIpc) is 1.96. The molecule has 0 saturated heterocycles. The summed E-state index contributed by atoms with van der Waals surface area (Å²) in [5, 5.41) is 9.93. The van der Waals surface area contributed by atoms with E-state index in [2.05, 4.69) is 20.8 Å². The Morgan fingerprint density at radius 1 is 1.50 bits per heavy atom. The number of hydrogen-bond donors (Lipinski definition) is 2. The SMILES string of the molecule is CC1CC(CN)([C@@H](O)C(C)C)C1. The minimum atomic E-state index is -0.210. The molecule has 0 amide bonds. The fourth-order valence-electron chi connectivity index (χ4n) is 2.56. The van der Waals surface area contributed by atoms with E-state index in [1.54, 1.807) is 0 Å². The highest BCUT2D eigenvalue weighted by Crippen LogP contribution is 2.48. The van der Waals surface area contributed by atoms with Crippen LogP contribution in [-0.2, 0) is 0 Å². The van der Waals surface area contributed by atoms with Gasteiger partial charge in [-0.2, -0.15) is 0 Å². The van der Waals surface area contributed by atoms with Gasteiger partial charge in [-0.15, -0.1) is 0 Å². The van der Waals surface area contributed by atoms with Gasteiger partial charge in [-0.3, -0.25) is 0 Å². The molecule has 0 radical (unpaired) electrons. The van der Waals surface area contributed by atoms with Crippen molar-refractivity contribution >= 4 is 0 Å². The van der Waals surface area contributed by atoms with Gasteiger partial charge in [0.2, 0.25) is 0 Å². The number of rotatable bonds is 3. The van der Waals surface area contributed by atoms with Crippen LogP contribution in [0.15, 0.2) is 0 Å². The standard InChI is InChI=1S/C10H21NO/c1-7(2)9(12)10(6-11)4-8(3)5-10/h7-9,12H,4-6,11H2,1-3H3/t8?,9-,10?/m0/s1. The van der Waals surface area contributed by atoms with Gasteiger partial charge in [0.25, 0.3) is 0 Å². The van der Waals surface area contributed by atoms with Gasteiger partial charge in [-0.1, -0.05) is 20.8 Å². The highest BCUT2D eigenvalue weighted by molar-refractivity contribution is 4.98. The summed E-state index contributed by atoms with van der Waals surface area (Å²) in [6.45, 7) is 6.98. The predicted octanol–water partition coefficient (Wildman–Crippen LogP) is 1.38. The van der Waals surface area contributed by atoms with Gasteiger partial charge < -0.3 is 10.8 Å². The van der Waals surface area contributed by atoms with Crippen molar-refractivity contribution in [2.75, 3.05) is 6.54 Å². The molecule has 2 heteroatoms. The first kappa shape index (κ1) is 10.0. The number of aliphatic hydroxyl groups excluding tert-OH is 1. The molecule has 1 aliphatic rings. The minimum absolute atomic E-state index is 0.0492. The van der Waals surface area contributed by atoms with Crippen LogP contribution in [0, 0.1) is 17.3 Å². The molecular formula is C10H21NO. The van der Waals surface area contributed by atoms with Crippen LogP contribution in [0.3, 0.4) is 0 Å². The summed E-state index contributed by atoms with van der Waals surface area (Å²) in [5.41, 5.74) is 5.76. The summed E-state index contributed by atoms with van der Waals surface area (Å²) in [6, 6.07) is 0. The lowest BCUT2D eigenvalue weighted by Crippen LogP contribution is -2.52. The first-order valence-electron chi connectivity index (χ1n) is 4.90. The maximum atomic E-state index is 9.93. The molecule has 2 nitrogen and oxygen atoms in total. The molecule has 3 N–H and O–H groups in total. The molecule has 0 aromatic heterocycles. The maximum absolute atomic E-state index is 9.93. The van der Waals surface area contributed by atoms with E-state index in [1.807, 2.05) is 0 Å². The van der Waals surface area contributed by atoms with E-state index in [4.69, 9.17) is 5.73 Å². The summed E-state index contributed by atoms with van der Waals surface area (Å²) in [7, 11) is 0. The maximum Gasteiger partial charge on any atom is 0.0631 e. The largest absolute Gasteiger partial charge is 0.392 e. The molecule has 0 unspecified atom stereocenters. The third-order valence-electron chi connectivity index (χ3n) is 3.18. The molecule has 12 heavy (non-hydrogen) atoms. The smallest absolute Gasteiger partial charge is 0.0631 e. The first-order valence-corrected chi connectivity index (χ1v) is 4.90. The summed E-state index contributed by atoms with van der Waals surface area (Å²) >= 11 is 0. The van der Waals surface area contributed by atoms with Gasteiger partial charge in [0.1, 0.15) is 0 Å². The van der Waals surface area contributed by atoms with Crippen molar-refractivity contribution < 1.29 is 5.11 Å². The van der Waals surface area contributed by atoms with E-state index in [0.717, 1.165) is 18.8 Å². The molecule has 1 saturated carbocycles. The Balaban J connectivity index is 2.57. The molecule has 72 valence electrons. The van der Waals surface area contributed by atoms with Crippen molar-refractivity contribution in [3.05, 3.63) is 0 Å². The van der Waals surface area contributed by atoms with Gasteiger partial charge >= 0.3 is 0 Å². The molecule has 0 heterocycles. The Morgan fingerprint density at radius 3 is 2.25 bits per heavy atom. The Hall–Kier alpha value is -0.0800. The van der Waals surface area contributed by atoms with Crippen LogP contribution in [0.25, 0.3) is 0 Å². The van der Waals surface area contributed by atoms with Crippen molar-refractivity contribution in [3.8, 4) is 0 Å². The van der Waals surface area contributed by atoms with E-state index >= 15 is 0 Å². The van der Waals surface area contributed by atoms with Gasteiger partial charge in [-0.25, -0.2) is 0 Å². The van der Waals surface area contributed by atoms with E-state index in [-0.39, 0.29) is 11.5 Å². The lowest BCUT2D eigenvalue weighted by molar-refractivity contribution is -0.0801. The van der Waals surface area contributed by atoms with E-state index in [0.29, 0.717) is 12.5 Å². The number of hydrogen-bond acceptors (Lipinski definition) is 2. The molecule has 0 aliphatic heterocycles. The summed E-state index contributed by atoms with van der Waals surface area (Å²) < 4.78 is 0. The average molecular weight is 171 g/mol. The van der Waals surface area contributed by atoms with Crippen molar-refractivity contribution in [3.63, 3.8) is 0 Å². The van der Waals surface area contributed by atoms with Crippen LogP contribution in [0.5, 0.6) is 0 Å². The third kappa shape index (κ3) is 1.50. The second-order valence-corrected chi connectivity index (χ2v) is 4.77. The second-order valence-electron chi connectivity index (χ2n) is 4.77. The van der Waals surface area contributed by atoms with Crippen LogP contribution >= 0.6 is 0 Å². The van der Waals surface area contributed by atoms with Gasteiger partial charge in [0.05, 0.1) is 6.10 Å². The molecule has 1 aliphatic carbocycles. The fraction of sp³-hybridized carbons (Fsp3) is 1.00. The quantitative estimate of drug-likeness (QED) is 0.674. The first-order chi connectivity index (χ1) is 5.52. The summed E-state index contributed by atoms with van der Waals surface area (Å²) in [6.07, 6.45) is 1.99. The Morgan fingerprint density at radius 2 is 2.00 bits per heavy atom. The fourth-order valence-corrected chi connectivity index (χ4v) is 2.56. The molecule has 1 rings (SSSR count). The Kier molecular flexibility index (Phi) is 2.79. The molecule has 1 atom stereocenters. The lowest BCUT2D eigenvalue weighted by Gasteiger charge is -2.50. The van der Waals surface area contributed by atoms with Crippen molar-refractivity contribution in [2.24, 2.45) is 23.0 Å². The Bertz CT molecular complexity index is 150. The van der Waals surface area contributed by atoms with Crippen LogP contribution in [0.4, 0.5) is 0 Å². The van der Waals surface area contributed by atoms with Crippen molar-refractivity contribution in [1.82, 2.24) is 0 Å². The molecule has 0 aromatic rings. The predicted molar refractivity (Wildman–Crippen MR) is 50.7 cm³/mol. The van der Waals surface area contributed by atoms with Gasteiger partial charge in [-0.05, 0) is 24.7 Å². The van der Waals surface area contributed by atoms with Crippen LogP contribution in [-0.4, -0.2) is 17.8 Å². The zero-order valence-electron chi connectivity index (χ0n) is 8.38. The molecule has 1 fully saturated rings. The van der Waals surface area contributed by atoms with Crippen molar-refractivity contribution in [1.29, 1.82) is 0 Å². The van der Waals surface area contributed by atoms with Crippen LogP contribution in [0.2, 0.25) is 0 Å². The zero-order chi connectivity index (χ0) is 9.35. The second kappa shape index (κ2) is 3.35. The normalized spacial score (nSPS) is 38.0. The van der Waals surface area contributed by atoms with Gasteiger partial charge in [0, 0.05) is 12.0 Å². The van der Waals surface area contributed by atoms with Crippen LogP contribution < -0.4 is 5.73 Å². The molecule has 0 aromatic carbocycles. The topological polar surface area (TPSA) is 46.2 Å². The van der Waals surface area contributed by atoms with E-state index in [1.165, 1.54) is 0 Å². The summed E-state index contributed by atoms with van der Waals surface area (Å²) in [5.74, 6) is 1.09. The third-order valence-corrected chi connectivity index (χ3v) is 3.18. The monoisotopic (exact) mass is 171 g/mol. The zero-order valence-corrected chi connectivity index (χ0v) is 8.38. The lowest BCUT2D eigenvalue weighted by atomic mass is 9.58. The minimum Gasteiger partial charge on any atom is -0.392 e. The van der Waals surface area contributed by atoms with Crippen molar-refractivity contribution in [2.45, 2.75) is 39.7 Å². The molecule has 0 spiro atoms. The van der Waals surface area contributed by atoms with E-state index in [9.17, 15) is 5.11 Å². The number of aliphatic hydroxyl groups is 1. The molecular weight excluding hydrogens is 150 g/mol. The summed E-state index contributed by atoms with van der Waals surface area (Å²) in [4.78, 5) is 0. The molecule has 0 bridgehead atoms. The van der Waals surface area contributed by atoms with Crippen LogP contribution in [0.1, 0.15) is 33.6 Å². The highest BCUT2D eigenvalue weighted by Gasteiger charge is 2.47. The highest BCUT2D eigenvalue weighted by atomic mass is 16.3. The van der Waals surface area contributed by atoms with Gasteiger partial charge in [0.15, 0.2) is 0 Å². The number of nitrogens with two attached hydrogens (primary N) is 1.